The second-order valence-corrected chi connectivity index (χ2v) is 10.2. The van der Waals surface area contributed by atoms with E-state index in [1.165, 1.54) is 13.2 Å². The molecule has 0 atom stereocenters. The molecule has 2 aromatic heterocycles. The zero-order valence-corrected chi connectivity index (χ0v) is 21.0. The van der Waals surface area contributed by atoms with Crippen molar-refractivity contribution in [3.05, 3.63) is 65.5 Å². The van der Waals surface area contributed by atoms with Crippen molar-refractivity contribution in [2.45, 2.75) is 39.3 Å². The van der Waals surface area contributed by atoms with Gasteiger partial charge in [0.2, 0.25) is 16.0 Å². The van der Waals surface area contributed by atoms with Gasteiger partial charge in [0, 0.05) is 37.2 Å². The number of hydrogen-bond donors (Lipinski definition) is 2. The highest BCUT2D eigenvalue weighted by Gasteiger charge is 2.35. The van der Waals surface area contributed by atoms with E-state index in [4.69, 9.17) is 4.74 Å². The fraction of sp³-hybridized carbons (Fsp3) is 0.348. The molecule has 36 heavy (non-hydrogen) atoms. The Morgan fingerprint density at radius 3 is 2.42 bits per heavy atom. The van der Waals surface area contributed by atoms with E-state index in [-0.39, 0.29) is 24.4 Å². The Kier molecular flexibility index (Phi) is 8.35. The first-order chi connectivity index (χ1) is 16.8. The van der Waals surface area contributed by atoms with Crippen molar-refractivity contribution >= 4 is 33.3 Å². The summed E-state index contributed by atoms with van der Waals surface area (Å²) in [7, 11) is -2.31. The molecule has 0 saturated heterocycles. The molecule has 13 heteroatoms. The predicted octanol–water partition coefficient (Wildman–Crippen LogP) is 4.57. The molecular weight excluding hydrogens is 497 g/mol. The number of anilines is 4. The summed E-state index contributed by atoms with van der Waals surface area (Å²) in [5, 5.41) is 5.55. The second kappa shape index (κ2) is 11.1. The van der Waals surface area contributed by atoms with Crippen LogP contribution in [0.1, 0.15) is 30.5 Å². The number of pyridine rings is 1. The third-order valence-corrected chi connectivity index (χ3v) is 6.16. The summed E-state index contributed by atoms with van der Waals surface area (Å²) in [6.07, 6.45) is -1.53. The smallest absolute Gasteiger partial charge is 0.374 e. The minimum Gasteiger partial charge on any atom is -0.374 e. The second-order valence-electron chi connectivity index (χ2n) is 8.21. The Morgan fingerprint density at radius 1 is 1.11 bits per heavy atom. The van der Waals surface area contributed by atoms with Crippen molar-refractivity contribution in [2.75, 3.05) is 28.2 Å². The lowest BCUT2D eigenvalue weighted by Gasteiger charge is -2.20. The Hall–Kier alpha value is -3.45. The van der Waals surface area contributed by atoms with Crippen LogP contribution >= 0.6 is 0 Å². The average Bonchev–Trinajstić information content (AvgIpc) is 2.81. The highest BCUT2D eigenvalue weighted by molar-refractivity contribution is 7.92. The zero-order valence-electron chi connectivity index (χ0n) is 20.2. The Morgan fingerprint density at radius 2 is 1.81 bits per heavy atom. The van der Waals surface area contributed by atoms with Gasteiger partial charge in [0.15, 0.2) is 0 Å². The molecule has 2 heterocycles. The highest BCUT2D eigenvalue weighted by Crippen LogP contribution is 2.34. The molecular formula is C23H27F3N6O3S. The van der Waals surface area contributed by atoms with Crippen LogP contribution in [0.2, 0.25) is 0 Å². The standard InChI is InChI=1S/C23H27F3N6O3S/c1-15(2)35-14-16-7-9-18(10-8-16)30-22-29-13-19(23(24,25)26)20(31-22)28-12-17-6-5-11-27-21(17)32(3)36(4,33)34/h5-11,13,15H,12,14H2,1-4H3,(H2,28,29,30,31). The van der Waals surface area contributed by atoms with E-state index in [9.17, 15) is 21.6 Å². The topological polar surface area (TPSA) is 109 Å². The van der Waals surface area contributed by atoms with Gasteiger partial charge in [-0.25, -0.2) is 18.4 Å². The van der Waals surface area contributed by atoms with Crippen LogP contribution in [0.15, 0.2) is 48.8 Å². The third kappa shape index (κ3) is 7.28. The molecule has 3 rings (SSSR count). The third-order valence-electron chi connectivity index (χ3n) is 5.00. The largest absolute Gasteiger partial charge is 0.421 e. The minimum atomic E-state index is -4.71. The number of alkyl halides is 3. The maximum absolute atomic E-state index is 13.6. The van der Waals surface area contributed by atoms with Gasteiger partial charge >= 0.3 is 6.18 Å². The molecule has 0 saturated carbocycles. The van der Waals surface area contributed by atoms with Crippen LogP contribution in [-0.2, 0) is 34.1 Å². The summed E-state index contributed by atoms with van der Waals surface area (Å²) < 4.78 is 71.2. The maximum atomic E-state index is 13.6. The molecule has 0 bridgehead atoms. The van der Waals surface area contributed by atoms with Crippen molar-refractivity contribution in [1.82, 2.24) is 15.0 Å². The summed E-state index contributed by atoms with van der Waals surface area (Å²) in [6.45, 7) is 4.14. The molecule has 0 fully saturated rings. The number of rotatable bonds is 10. The van der Waals surface area contributed by atoms with E-state index in [1.807, 2.05) is 26.0 Å². The highest BCUT2D eigenvalue weighted by atomic mass is 32.2. The number of benzene rings is 1. The van der Waals surface area contributed by atoms with Gasteiger partial charge < -0.3 is 15.4 Å². The summed E-state index contributed by atoms with van der Waals surface area (Å²) in [6, 6.07) is 10.3. The van der Waals surface area contributed by atoms with Crippen molar-refractivity contribution < 1.29 is 26.3 Å². The van der Waals surface area contributed by atoms with Crippen LogP contribution in [0, 0.1) is 0 Å². The van der Waals surface area contributed by atoms with Crippen molar-refractivity contribution in [1.29, 1.82) is 0 Å². The maximum Gasteiger partial charge on any atom is 0.421 e. The van der Waals surface area contributed by atoms with Gasteiger partial charge in [-0.2, -0.15) is 18.2 Å². The number of nitrogens with one attached hydrogen (secondary N) is 2. The van der Waals surface area contributed by atoms with Crippen LogP contribution in [0.25, 0.3) is 0 Å². The Balaban J connectivity index is 1.83. The number of halogens is 3. The van der Waals surface area contributed by atoms with E-state index in [1.54, 1.807) is 24.3 Å². The van der Waals surface area contributed by atoms with Gasteiger partial charge in [-0.05, 0) is 37.6 Å². The summed E-state index contributed by atoms with van der Waals surface area (Å²) >= 11 is 0. The molecule has 3 aromatic rings. The molecule has 0 unspecified atom stereocenters. The van der Waals surface area contributed by atoms with Gasteiger partial charge in [-0.15, -0.1) is 0 Å². The number of sulfonamides is 1. The first kappa shape index (κ1) is 27.1. The van der Waals surface area contributed by atoms with Gasteiger partial charge in [-0.3, -0.25) is 4.31 Å². The minimum absolute atomic E-state index is 0.0451. The monoisotopic (exact) mass is 524 g/mol. The van der Waals surface area contributed by atoms with Crippen LogP contribution < -0.4 is 14.9 Å². The normalized spacial score (nSPS) is 12.0. The number of nitrogens with zero attached hydrogens (tertiary/aromatic N) is 4. The fourth-order valence-corrected chi connectivity index (χ4v) is 3.53. The van der Waals surface area contributed by atoms with E-state index >= 15 is 0 Å². The van der Waals surface area contributed by atoms with Crippen LogP contribution in [0.3, 0.4) is 0 Å². The SMILES string of the molecule is CC(C)OCc1ccc(Nc2ncc(C(F)(F)F)c(NCc3cccnc3N(C)S(C)(=O)=O)n2)cc1. The molecule has 194 valence electrons. The van der Waals surface area contributed by atoms with Gasteiger partial charge in [0.1, 0.15) is 17.2 Å². The fourth-order valence-electron chi connectivity index (χ4n) is 3.05. The molecule has 0 spiro atoms. The molecule has 0 aliphatic carbocycles. The summed E-state index contributed by atoms with van der Waals surface area (Å²) in [5.41, 5.74) is 0.830. The van der Waals surface area contributed by atoms with Crippen molar-refractivity contribution in [3.63, 3.8) is 0 Å². The Bertz CT molecular complexity index is 1280. The van der Waals surface area contributed by atoms with Crippen molar-refractivity contribution in [2.24, 2.45) is 0 Å². The Labute approximate surface area is 207 Å². The molecule has 2 N–H and O–H groups in total. The van der Waals surface area contributed by atoms with Gasteiger partial charge in [0.25, 0.3) is 0 Å². The summed E-state index contributed by atoms with van der Waals surface area (Å²) in [5.74, 6) is -0.412. The molecule has 9 nitrogen and oxygen atoms in total. The first-order valence-electron chi connectivity index (χ1n) is 10.9. The van der Waals surface area contributed by atoms with E-state index in [0.717, 1.165) is 16.1 Å². The van der Waals surface area contributed by atoms with Crippen LogP contribution in [0.5, 0.6) is 0 Å². The van der Waals surface area contributed by atoms with Crippen LogP contribution in [0.4, 0.5) is 36.4 Å². The zero-order chi connectivity index (χ0) is 26.5. The number of hydrogen-bond acceptors (Lipinski definition) is 8. The van der Waals surface area contributed by atoms with Gasteiger partial charge in [0.05, 0.1) is 19.0 Å². The predicted molar refractivity (Wildman–Crippen MR) is 131 cm³/mol. The average molecular weight is 525 g/mol. The molecule has 0 aliphatic heterocycles. The molecule has 0 amide bonds. The van der Waals surface area contributed by atoms with E-state index in [0.29, 0.717) is 24.1 Å². The molecule has 1 aromatic carbocycles. The molecule has 0 aliphatic rings. The van der Waals surface area contributed by atoms with Gasteiger partial charge in [-0.1, -0.05) is 18.2 Å². The molecule has 0 radical (unpaired) electrons. The first-order valence-corrected chi connectivity index (χ1v) is 12.7. The lowest BCUT2D eigenvalue weighted by atomic mass is 10.2. The number of ether oxygens (including phenoxy) is 1. The number of aromatic nitrogens is 3. The quantitative estimate of drug-likeness (QED) is 0.397. The van der Waals surface area contributed by atoms with E-state index < -0.39 is 27.6 Å². The lowest BCUT2D eigenvalue weighted by molar-refractivity contribution is -0.137. The van der Waals surface area contributed by atoms with Crippen molar-refractivity contribution in [3.8, 4) is 0 Å². The van der Waals surface area contributed by atoms with E-state index in [2.05, 4.69) is 25.6 Å². The van der Waals surface area contributed by atoms with Crippen LogP contribution in [-0.4, -0.2) is 42.8 Å². The summed E-state index contributed by atoms with van der Waals surface area (Å²) in [4.78, 5) is 11.9. The lowest BCUT2D eigenvalue weighted by Crippen LogP contribution is -2.27.